The van der Waals surface area contributed by atoms with Crippen LogP contribution in [-0.2, 0) is 13.7 Å². The number of hydrogen-bond acceptors (Lipinski definition) is 3. The van der Waals surface area contributed by atoms with Crippen molar-refractivity contribution in [1.29, 1.82) is 0 Å². The Bertz CT molecular complexity index is 780. The Kier molecular flexibility index (Phi) is 6.78. The maximum atomic E-state index is 7.20. The van der Waals surface area contributed by atoms with E-state index in [9.17, 15) is 0 Å². The first-order chi connectivity index (χ1) is 14.1. The zero-order chi connectivity index (χ0) is 22.0. The van der Waals surface area contributed by atoms with Crippen LogP contribution in [0.5, 0.6) is 0 Å². The Hall–Kier alpha value is -1.66. The minimum Gasteiger partial charge on any atom is -0.405 e. The van der Waals surface area contributed by atoms with Crippen molar-refractivity contribution >= 4 is 25.3 Å². The van der Waals surface area contributed by atoms with Gasteiger partial charge < -0.3 is 13.7 Å². The van der Waals surface area contributed by atoms with Gasteiger partial charge in [-0.1, -0.05) is 80.6 Å². The second-order valence-electron chi connectivity index (χ2n) is 9.48. The van der Waals surface area contributed by atoms with E-state index in [1.165, 1.54) is 0 Å². The van der Waals surface area contributed by atoms with Gasteiger partial charge >= 0.3 is 6.71 Å². The van der Waals surface area contributed by atoms with E-state index < -0.39 is 26.1 Å². The zero-order valence-corrected chi connectivity index (χ0v) is 20.2. The van der Waals surface area contributed by atoms with Gasteiger partial charge in [-0.3, -0.25) is 0 Å². The van der Waals surface area contributed by atoms with Gasteiger partial charge in [-0.05, 0) is 50.4 Å². The largest absolute Gasteiger partial charge is 0.479 e. The molecule has 1 atom stereocenters. The molecule has 5 heteroatoms. The summed E-state index contributed by atoms with van der Waals surface area (Å²) in [5.74, 6) is 0.338. The van der Waals surface area contributed by atoms with Crippen LogP contribution in [0.15, 0.2) is 73.3 Å². The molecule has 0 aromatic heterocycles. The smallest absolute Gasteiger partial charge is 0.405 e. The van der Waals surface area contributed by atoms with Crippen molar-refractivity contribution in [2.45, 2.75) is 65.3 Å². The molecule has 1 unspecified atom stereocenters. The van der Waals surface area contributed by atoms with Crippen LogP contribution < -0.4 is 10.4 Å². The van der Waals surface area contributed by atoms with Crippen molar-refractivity contribution < 1.29 is 13.7 Å². The first-order valence-corrected chi connectivity index (χ1v) is 12.9. The lowest BCUT2D eigenvalue weighted by Gasteiger charge is -2.38. The molecule has 2 aromatic rings. The van der Waals surface area contributed by atoms with Crippen molar-refractivity contribution in [2.75, 3.05) is 0 Å². The molecule has 1 heterocycles. The molecule has 0 bridgehead atoms. The first kappa shape index (κ1) is 23.0. The van der Waals surface area contributed by atoms with Crippen molar-refractivity contribution in [3.05, 3.63) is 73.3 Å². The maximum Gasteiger partial charge on any atom is 0.479 e. The summed E-state index contributed by atoms with van der Waals surface area (Å²) in [6, 6.07) is 21.0. The lowest BCUT2D eigenvalue weighted by molar-refractivity contribution is 0.00578. The summed E-state index contributed by atoms with van der Waals surface area (Å²) >= 11 is 0. The molecule has 0 amide bonds. The third kappa shape index (κ3) is 4.22. The van der Waals surface area contributed by atoms with Crippen molar-refractivity contribution in [3.8, 4) is 0 Å². The zero-order valence-electron chi connectivity index (χ0n) is 19.2. The third-order valence-electron chi connectivity index (χ3n) is 6.47. The predicted octanol–water partition coefficient (Wildman–Crippen LogP) is 4.53. The van der Waals surface area contributed by atoms with E-state index in [-0.39, 0.29) is 6.10 Å². The Morgan fingerprint density at radius 1 is 0.900 bits per heavy atom. The first-order valence-electron chi connectivity index (χ1n) is 10.9. The minimum absolute atomic E-state index is 0.0219. The minimum atomic E-state index is -2.95. The van der Waals surface area contributed by atoms with Crippen LogP contribution in [0.4, 0.5) is 0 Å². The third-order valence-corrected chi connectivity index (χ3v) is 10.4. The van der Waals surface area contributed by atoms with E-state index in [1.54, 1.807) is 0 Å². The van der Waals surface area contributed by atoms with E-state index in [4.69, 9.17) is 13.7 Å². The van der Waals surface area contributed by atoms with Crippen molar-refractivity contribution in [3.63, 3.8) is 0 Å². The number of rotatable bonds is 8. The summed E-state index contributed by atoms with van der Waals surface area (Å²) < 4.78 is 20.6. The lowest BCUT2D eigenvalue weighted by atomic mass is 9.90. The second kappa shape index (κ2) is 8.83. The van der Waals surface area contributed by atoms with Gasteiger partial charge in [0, 0.05) is 0 Å². The molecule has 1 aliphatic heterocycles. The number of benzene rings is 2. The van der Waals surface area contributed by atoms with E-state index in [2.05, 4.69) is 96.7 Å². The highest BCUT2D eigenvalue weighted by atomic mass is 28.3. The van der Waals surface area contributed by atoms with Gasteiger partial charge in [-0.15, -0.1) is 6.58 Å². The fourth-order valence-electron chi connectivity index (χ4n) is 3.87. The normalized spacial score (nSPS) is 19.1. The van der Waals surface area contributed by atoms with Crippen LogP contribution in [0.2, 0.25) is 0 Å². The molecule has 1 saturated heterocycles. The monoisotopic (exact) mass is 422 g/mol. The van der Waals surface area contributed by atoms with Gasteiger partial charge in [-0.25, -0.2) is 0 Å². The van der Waals surface area contributed by atoms with Gasteiger partial charge in [0.2, 0.25) is 0 Å². The van der Waals surface area contributed by atoms with Crippen LogP contribution in [0, 0.1) is 5.92 Å². The topological polar surface area (TPSA) is 27.7 Å². The molecule has 2 aromatic carbocycles. The summed E-state index contributed by atoms with van der Waals surface area (Å²) in [6.45, 7) is 16.3. The summed E-state index contributed by atoms with van der Waals surface area (Å²) in [5, 5.41) is 2.31. The highest BCUT2D eigenvalue weighted by molar-refractivity contribution is 7.37. The fraction of sp³-hybridized carbons (Fsp3) is 0.440. The molecular formula is C25H35BO3Si. The second-order valence-corrected chi connectivity index (χ2v) is 12.8. The molecule has 0 spiro atoms. The molecule has 30 heavy (non-hydrogen) atoms. The van der Waals surface area contributed by atoms with E-state index in [0.717, 1.165) is 16.8 Å². The highest BCUT2D eigenvalue weighted by Gasteiger charge is 2.64. The van der Waals surface area contributed by atoms with Crippen LogP contribution in [-0.4, -0.2) is 32.2 Å². The van der Waals surface area contributed by atoms with Crippen molar-refractivity contribution in [1.82, 2.24) is 0 Å². The Balaban J connectivity index is 2.24. The number of hydrogen-bond donors (Lipinski definition) is 0. The summed E-state index contributed by atoms with van der Waals surface area (Å²) in [4.78, 5) is 0. The van der Waals surface area contributed by atoms with Gasteiger partial charge in [0.25, 0.3) is 8.19 Å². The quantitative estimate of drug-likeness (QED) is 0.462. The standard InChI is InChI=1S/C25H35BO3Si/c1-8-15-23(20(2)3)27-30(21-16-11-9-12-17-21,22-18-13-10-14-19-22)26-28-24(4,5)25(6,7)29-26/h8-14,16-20,23H,1,15H2,2-7H3. The van der Waals surface area contributed by atoms with Crippen LogP contribution >= 0.6 is 0 Å². The van der Waals surface area contributed by atoms with Crippen LogP contribution in [0.25, 0.3) is 0 Å². The Labute approximate surface area is 183 Å². The maximum absolute atomic E-state index is 7.20. The molecule has 0 aliphatic carbocycles. The molecule has 1 aliphatic rings. The van der Waals surface area contributed by atoms with E-state index in [1.807, 2.05) is 18.2 Å². The molecule has 0 saturated carbocycles. The molecule has 1 fully saturated rings. The van der Waals surface area contributed by atoms with Crippen LogP contribution in [0.3, 0.4) is 0 Å². The molecule has 0 radical (unpaired) electrons. The Morgan fingerprint density at radius 3 is 1.70 bits per heavy atom. The highest BCUT2D eigenvalue weighted by Crippen LogP contribution is 2.40. The Morgan fingerprint density at radius 2 is 1.33 bits per heavy atom. The van der Waals surface area contributed by atoms with Gasteiger partial charge in [0.05, 0.1) is 17.3 Å². The SMILES string of the molecule is C=CCC(O[Si](B1OC(C)(C)C(C)(C)O1)(c1ccccc1)c1ccccc1)C(C)C. The van der Waals surface area contributed by atoms with Gasteiger partial charge in [-0.2, -0.15) is 0 Å². The van der Waals surface area contributed by atoms with Crippen molar-refractivity contribution in [2.24, 2.45) is 5.92 Å². The summed E-state index contributed by atoms with van der Waals surface area (Å²) in [6.07, 6.45) is 2.75. The molecule has 3 nitrogen and oxygen atoms in total. The molecular weight excluding hydrogens is 387 g/mol. The molecule has 3 rings (SSSR count). The summed E-state index contributed by atoms with van der Waals surface area (Å²) in [5.41, 5.74) is -0.872. The fourth-order valence-corrected chi connectivity index (χ4v) is 8.27. The van der Waals surface area contributed by atoms with E-state index in [0.29, 0.717) is 5.92 Å². The lowest BCUT2D eigenvalue weighted by Crippen LogP contribution is -2.73. The molecule has 0 N–H and O–H groups in total. The predicted molar refractivity (Wildman–Crippen MR) is 129 cm³/mol. The van der Waals surface area contributed by atoms with Gasteiger partial charge in [0.1, 0.15) is 0 Å². The van der Waals surface area contributed by atoms with Crippen LogP contribution in [0.1, 0.15) is 48.0 Å². The molecule has 160 valence electrons. The average molecular weight is 422 g/mol. The summed E-state index contributed by atoms with van der Waals surface area (Å²) in [7, 11) is -2.95. The van der Waals surface area contributed by atoms with E-state index >= 15 is 0 Å². The average Bonchev–Trinajstić information content (AvgIpc) is 2.93. The van der Waals surface area contributed by atoms with Gasteiger partial charge in [0.15, 0.2) is 0 Å².